The largest absolute Gasteiger partial charge is 0.445 e. The summed E-state index contributed by atoms with van der Waals surface area (Å²) in [7, 11) is 1.45. The Morgan fingerprint density at radius 3 is 2.55 bits per heavy atom. The smallest absolute Gasteiger partial charge is 0.404 e. The van der Waals surface area contributed by atoms with Crippen LogP contribution in [0, 0.1) is 0 Å². The van der Waals surface area contributed by atoms with Crippen LogP contribution < -0.4 is 5.73 Å². The van der Waals surface area contributed by atoms with Crippen molar-refractivity contribution in [3.63, 3.8) is 0 Å². The number of nitrogens with one attached hydrogen (secondary N) is 1. The summed E-state index contributed by atoms with van der Waals surface area (Å²) in [4.78, 5) is 38.6. The first-order chi connectivity index (χ1) is 10.4. The second kappa shape index (κ2) is 6.15. The number of hydrogen-bond donors (Lipinski definition) is 2. The highest BCUT2D eigenvalue weighted by Crippen LogP contribution is 2.31. The molecule has 0 spiro atoms. The summed E-state index contributed by atoms with van der Waals surface area (Å²) < 4.78 is 9.78. The van der Waals surface area contributed by atoms with Crippen LogP contribution in [-0.4, -0.2) is 36.4 Å². The lowest BCUT2D eigenvalue weighted by Gasteiger charge is -2.13. The van der Waals surface area contributed by atoms with Crippen LogP contribution >= 0.6 is 0 Å². The maximum absolute atomic E-state index is 12.6. The molecule has 0 radical (unpaired) electrons. The molecule has 1 aromatic heterocycles. The van der Waals surface area contributed by atoms with Gasteiger partial charge in [-0.15, -0.1) is 0 Å². The zero-order chi connectivity index (χ0) is 16.4. The van der Waals surface area contributed by atoms with Crippen molar-refractivity contribution in [3.05, 3.63) is 34.2 Å². The molecule has 0 aliphatic heterocycles. The number of nitrogens with two attached hydrogens (primary N) is 1. The van der Waals surface area contributed by atoms with Crippen LogP contribution in [0.25, 0.3) is 0 Å². The topological polar surface area (TPSA) is 111 Å². The molecule has 7 heteroatoms. The van der Waals surface area contributed by atoms with Gasteiger partial charge in [-0.1, -0.05) is 13.8 Å². The molecule has 1 aromatic rings. The van der Waals surface area contributed by atoms with Crippen LogP contribution in [-0.2, 0) is 16.1 Å². The minimum absolute atomic E-state index is 0.0172. The number of fused-ring (bicyclic) bond motifs is 1. The van der Waals surface area contributed by atoms with Crippen molar-refractivity contribution in [2.24, 2.45) is 5.73 Å². The van der Waals surface area contributed by atoms with Gasteiger partial charge in [0.05, 0.1) is 17.9 Å². The summed E-state index contributed by atoms with van der Waals surface area (Å²) in [5, 5.41) is 0. The molecule has 7 nitrogen and oxygen atoms in total. The molecule has 0 bridgehead atoms. The standard InChI is InChI=1S/C15H18N2O5/c1-7(2)12-9(6-22-15(16)20)11-13(17-12)10(18)4-8(5-21-3)14(11)19/h4,7,17H,5-6H2,1-3H3,(H2,16,20). The molecule has 1 heterocycles. The Morgan fingerprint density at radius 1 is 1.32 bits per heavy atom. The van der Waals surface area contributed by atoms with Gasteiger partial charge in [0.15, 0.2) is 5.78 Å². The van der Waals surface area contributed by atoms with Gasteiger partial charge in [-0.2, -0.15) is 0 Å². The molecule has 0 saturated heterocycles. The maximum Gasteiger partial charge on any atom is 0.404 e. The van der Waals surface area contributed by atoms with E-state index in [1.807, 2.05) is 13.8 Å². The number of hydrogen-bond acceptors (Lipinski definition) is 5. The third kappa shape index (κ3) is 2.80. The number of amides is 1. The van der Waals surface area contributed by atoms with Gasteiger partial charge < -0.3 is 20.2 Å². The Labute approximate surface area is 127 Å². The molecule has 0 fully saturated rings. The van der Waals surface area contributed by atoms with E-state index in [0.717, 1.165) is 0 Å². The molecule has 1 aliphatic rings. The van der Waals surface area contributed by atoms with Crippen molar-refractivity contribution in [3.8, 4) is 0 Å². The van der Waals surface area contributed by atoms with Gasteiger partial charge in [-0.05, 0) is 12.0 Å². The molecular formula is C15H18N2O5. The summed E-state index contributed by atoms with van der Waals surface area (Å²) in [5.41, 5.74) is 6.90. The molecule has 118 valence electrons. The predicted octanol–water partition coefficient (Wildman–Crippen LogP) is 1.69. The van der Waals surface area contributed by atoms with Crippen molar-refractivity contribution in [2.45, 2.75) is 26.4 Å². The second-order valence-corrected chi connectivity index (χ2v) is 5.33. The van der Waals surface area contributed by atoms with Gasteiger partial charge in [0, 0.05) is 23.9 Å². The molecule has 0 saturated carbocycles. The van der Waals surface area contributed by atoms with Crippen molar-refractivity contribution in [1.29, 1.82) is 0 Å². The molecule has 1 amide bonds. The fourth-order valence-electron chi connectivity index (χ4n) is 2.50. The van der Waals surface area contributed by atoms with Gasteiger partial charge in [-0.25, -0.2) is 4.79 Å². The summed E-state index contributed by atoms with van der Waals surface area (Å²) in [6.45, 7) is 3.70. The molecule has 1 aliphatic carbocycles. The number of carbonyl (C=O) groups excluding carboxylic acids is 3. The number of methoxy groups -OCH3 is 1. The lowest BCUT2D eigenvalue weighted by molar-refractivity contribution is 0.0959. The van der Waals surface area contributed by atoms with Crippen molar-refractivity contribution < 1.29 is 23.9 Å². The van der Waals surface area contributed by atoms with E-state index in [1.54, 1.807) is 0 Å². The van der Waals surface area contributed by atoms with E-state index in [9.17, 15) is 14.4 Å². The first-order valence-corrected chi connectivity index (χ1v) is 6.82. The summed E-state index contributed by atoms with van der Waals surface area (Å²) in [5.74, 6) is -0.583. The normalized spacial score (nSPS) is 14.1. The Kier molecular flexibility index (Phi) is 4.46. The number of primary amides is 1. The Bertz CT molecular complexity index is 670. The molecular weight excluding hydrogens is 288 g/mol. The average Bonchev–Trinajstić information content (AvgIpc) is 2.82. The zero-order valence-corrected chi connectivity index (χ0v) is 12.7. The SMILES string of the molecule is COCC1=CC(=O)c2[nH]c(C(C)C)c(COC(N)=O)c2C1=O. The van der Waals surface area contributed by atoms with Crippen LogP contribution in [0.2, 0.25) is 0 Å². The van der Waals surface area contributed by atoms with Gasteiger partial charge >= 0.3 is 6.09 Å². The fourth-order valence-corrected chi connectivity index (χ4v) is 2.50. The van der Waals surface area contributed by atoms with Crippen LogP contribution in [0.1, 0.15) is 51.9 Å². The molecule has 22 heavy (non-hydrogen) atoms. The highest BCUT2D eigenvalue weighted by atomic mass is 16.5. The third-order valence-corrected chi connectivity index (χ3v) is 3.44. The number of Topliss-reactive ketones (excluding diaryl/α,β-unsaturated/α-hetero) is 1. The molecule has 2 rings (SSSR count). The highest BCUT2D eigenvalue weighted by molar-refractivity contribution is 6.24. The van der Waals surface area contributed by atoms with E-state index in [0.29, 0.717) is 11.3 Å². The lowest BCUT2D eigenvalue weighted by Crippen LogP contribution is -2.21. The van der Waals surface area contributed by atoms with E-state index < -0.39 is 6.09 Å². The van der Waals surface area contributed by atoms with Gasteiger partial charge in [0.1, 0.15) is 6.61 Å². The first-order valence-electron chi connectivity index (χ1n) is 6.82. The Balaban J connectivity index is 2.53. The van der Waals surface area contributed by atoms with Gasteiger partial charge in [-0.3, -0.25) is 9.59 Å². The van der Waals surface area contributed by atoms with E-state index in [-0.39, 0.29) is 47.5 Å². The lowest BCUT2D eigenvalue weighted by atomic mass is 9.91. The number of ether oxygens (including phenoxy) is 2. The summed E-state index contributed by atoms with van der Waals surface area (Å²) in [6.07, 6.45) is 0.333. The van der Waals surface area contributed by atoms with E-state index in [4.69, 9.17) is 15.2 Å². The van der Waals surface area contributed by atoms with Crippen molar-refractivity contribution >= 4 is 17.7 Å². The third-order valence-electron chi connectivity index (χ3n) is 3.44. The summed E-state index contributed by atoms with van der Waals surface area (Å²) in [6, 6.07) is 0. The van der Waals surface area contributed by atoms with Gasteiger partial charge in [0.2, 0.25) is 5.78 Å². The highest BCUT2D eigenvalue weighted by Gasteiger charge is 2.33. The zero-order valence-electron chi connectivity index (χ0n) is 12.7. The number of rotatable bonds is 5. The number of aromatic nitrogens is 1. The predicted molar refractivity (Wildman–Crippen MR) is 77.9 cm³/mol. The maximum atomic E-state index is 12.6. The minimum Gasteiger partial charge on any atom is -0.445 e. The first kappa shape index (κ1) is 16.0. The van der Waals surface area contributed by atoms with Crippen molar-refractivity contribution in [1.82, 2.24) is 4.98 Å². The average molecular weight is 306 g/mol. The monoisotopic (exact) mass is 306 g/mol. The number of H-pyrrole nitrogens is 1. The van der Waals surface area contributed by atoms with E-state index in [1.165, 1.54) is 13.2 Å². The Morgan fingerprint density at radius 2 is 2.00 bits per heavy atom. The van der Waals surface area contributed by atoms with Gasteiger partial charge in [0.25, 0.3) is 0 Å². The minimum atomic E-state index is -0.938. The number of carbonyl (C=O) groups is 3. The van der Waals surface area contributed by atoms with Crippen LogP contribution in [0.3, 0.4) is 0 Å². The number of aromatic amines is 1. The summed E-state index contributed by atoms with van der Waals surface area (Å²) >= 11 is 0. The quantitative estimate of drug-likeness (QED) is 0.859. The number of ketones is 2. The Hall–Kier alpha value is -2.41. The number of allylic oxidation sites excluding steroid dienone is 1. The molecule has 0 aromatic carbocycles. The second-order valence-electron chi connectivity index (χ2n) is 5.33. The molecule has 0 atom stereocenters. The molecule has 0 unspecified atom stereocenters. The van der Waals surface area contributed by atoms with Crippen molar-refractivity contribution in [2.75, 3.05) is 13.7 Å². The van der Waals surface area contributed by atoms with Crippen LogP contribution in [0.4, 0.5) is 4.79 Å². The van der Waals surface area contributed by atoms with E-state index >= 15 is 0 Å². The van der Waals surface area contributed by atoms with Crippen LogP contribution in [0.15, 0.2) is 11.6 Å². The fraction of sp³-hybridized carbons (Fsp3) is 0.400. The molecule has 3 N–H and O–H groups in total. The van der Waals surface area contributed by atoms with E-state index in [2.05, 4.69) is 4.98 Å². The van der Waals surface area contributed by atoms with Crippen LogP contribution in [0.5, 0.6) is 0 Å².